The molecule has 1 saturated heterocycles. The number of nitrogens with zero attached hydrogens (tertiary/aromatic N) is 1. The summed E-state index contributed by atoms with van der Waals surface area (Å²) in [5.74, 6) is -1.39. The van der Waals surface area contributed by atoms with Crippen LogP contribution in [-0.4, -0.2) is 27.4 Å². The molecule has 2 aliphatic rings. The fraction of sp³-hybridized carbons (Fsp3) is 0.318. The summed E-state index contributed by atoms with van der Waals surface area (Å²) in [4.78, 5) is 40.3. The van der Waals surface area contributed by atoms with Gasteiger partial charge in [0, 0.05) is 25.9 Å². The number of rotatable bonds is 3. The molecule has 1 aliphatic carbocycles. The van der Waals surface area contributed by atoms with Gasteiger partial charge in [-0.25, -0.2) is 0 Å². The third-order valence-electron chi connectivity index (χ3n) is 5.73. The number of alkyl halides is 2. The number of amides is 3. The minimum absolute atomic E-state index is 0.147. The van der Waals surface area contributed by atoms with Crippen LogP contribution in [0.3, 0.4) is 0 Å². The molecule has 2 fully saturated rings. The van der Waals surface area contributed by atoms with Gasteiger partial charge >= 0.3 is 0 Å². The normalized spacial score (nSPS) is 25.9. The van der Waals surface area contributed by atoms with E-state index in [9.17, 15) is 14.4 Å². The summed E-state index contributed by atoms with van der Waals surface area (Å²) in [6, 6.07) is 11.9. The Kier molecular flexibility index (Phi) is 6.06. The first-order chi connectivity index (χ1) is 14.3. The molecule has 1 aliphatic heterocycles. The van der Waals surface area contributed by atoms with Gasteiger partial charge in [0.2, 0.25) is 11.8 Å². The molecular weight excluding hydrogens is 536 g/mol. The van der Waals surface area contributed by atoms with Crippen molar-refractivity contribution < 1.29 is 14.4 Å². The number of anilines is 2. The van der Waals surface area contributed by atoms with Gasteiger partial charge < -0.3 is 5.32 Å². The van der Waals surface area contributed by atoms with E-state index in [1.807, 2.05) is 13.0 Å². The Morgan fingerprint density at radius 3 is 2.30 bits per heavy atom. The van der Waals surface area contributed by atoms with E-state index in [1.165, 1.54) is 4.90 Å². The van der Waals surface area contributed by atoms with Gasteiger partial charge in [-0.3, -0.25) is 19.3 Å². The van der Waals surface area contributed by atoms with Gasteiger partial charge in [0.1, 0.15) is 0 Å². The van der Waals surface area contributed by atoms with Crippen LogP contribution in [0.4, 0.5) is 11.4 Å². The molecule has 0 spiro atoms. The van der Waals surface area contributed by atoms with Crippen molar-refractivity contribution in [3.05, 3.63) is 58.6 Å². The smallest absolute Gasteiger partial charge is 0.255 e. The zero-order valence-corrected chi connectivity index (χ0v) is 20.0. The molecule has 0 bridgehead atoms. The summed E-state index contributed by atoms with van der Waals surface area (Å²) >= 11 is 13.2. The van der Waals surface area contributed by atoms with Gasteiger partial charge in [0.15, 0.2) is 0 Å². The molecule has 8 heteroatoms. The van der Waals surface area contributed by atoms with Gasteiger partial charge in [-0.05, 0) is 55.7 Å². The van der Waals surface area contributed by atoms with E-state index in [2.05, 4.69) is 37.2 Å². The van der Waals surface area contributed by atoms with Gasteiger partial charge in [-0.1, -0.05) is 55.6 Å². The lowest BCUT2D eigenvalue weighted by Crippen LogP contribution is -2.34. The molecule has 1 heterocycles. The molecule has 3 amide bonds. The summed E-state index contributed by atoms with van der Waals surface area (Å²) in [6.07, 6.45) is 1.21. The van der Waals surface area contributed by atoms with Gasteiger partial charge in [0.25, 0.3) is 5.91 Å². The molecule has 0 radical (unpaired) electrons. The van der Waals surface area contributed by atoms with Crippen LogP contribution >= 0.6 is 43.5 Å². The topological polar surface area (TPSA) is 66.5 Å². The lowest BCUT2D eigenvalue weighted by molar-refractivity contribution is -0.122. The van der Waals surface area contributed by atoms with Gasteiger partial charge in [0.05, 0.1) is 17.5 Å². The van der Waals surface area contributed by atoms with E-state index in [0.29, 0.717) is 34.8 Å². The van der Waals surface area contributed by atoms with Crippen LogP contribution < -0.4 is 10.2 Å². The van der Waals surface area contributed by atoms with Crippen molar-refractivity contribution in [1.82, 2.24) is 0 Å². The molecule has 1 saturated carbocycles. The van der Waals surface area contributed by atoms with Crippen molar-refractivity contribution >= 4 is 72.6 Å². The SMILES string of the molecule is Cc1ccc(Cl)cc1NC(=O)c1cccc(N2C(=O)[C@H]3C[C@@H](Br)[C@@H](Br)C[C@H]3C2=O)c1. The highest BCUT2D eigenvalue weighted by atomic mass is 79.9. The van der Waals surface area contributed by atoms with Crippen molar-refractivity contribution in [1.29, 1.82) is 0 Å². The summed E-state index contributed by atoms with van der Waals surface area (Å²) < 4.78 is 0. The molecule has 0 aromatic heterocycles. The molecule has 30 heavy (non-hydrogen) atoms. The quantitative estimate of drug-likeness (QED) is 0.412. The van der Waals surface area contributed by atoms with Crippen LogP contribution in [0, 0.1) is 18.8 Å². The Morgan fingerprint density at radius 1 is 1.03 bits per heavy atom. The Morgan fingerprint density at radius 2 is 1.67 bits per heavy atom. The van der Waals surface area contributed by atoms with E-state index in [1.54, 1.807) is 36.4 Å². The number of carbonyl (C=O) groups excluding carboxylic acids is 3. The number of fused-ring (bicyclic) bond motifs is 1. The van der Waals surface area contributed by atoms with Crippen LogP contribution in [0.1, 0.15) is 28.8 Å². The highest BCUT2D eigenvalue weighted by Gasteiger charge is 2.52. The average molecular weight is 555 g/mol. The Labute approximate surface area is 196 Å². The number of imide groups is 1. The number of nitrogens with one attached hydrogen (secondary N) is 1. The van der Waals surface area contributed by atoms with Crippen molar-refractivity contribution in [2.75, 3.05) is 10.2 Å². The van der Waals surface area contributed by atoms with Crippen molar-refractivity contribution in [2.24, 2.45) is 11.8 Å². The van der Waals surface area contributed by atoms with Crippen molar-refractivity contribution in [3.8, 4) is 0 Å². The van der Waals surface area contributed by atoms with Crippen LogP contribution in [0.5, 0.6) is 0 Å². The van der Waals surface area contributed by atoms with Crippen LogP contribution in [-0.2, 0) is 9.59 Å². The first-order valence-electron chi connectivity index (χ1n) is 9.60. The maximum atomic E-state index is 13.0. The first-order valence-corrected chi connectivity index (χ1v) is 11.8. The maximum absolute atomic E-state index is 13.0. The molecule has 2 aromatic rings. The van der Waals surface area contributed by atoms with Crippen LogP contribution in [0.25, 0.3) is 0 Å². The van der Waals surface area contributed by atoms with Crippen molar-refractivity contribution in [2.45, 2.75) is 29.4 Å². The fourth-order valence-electron chi connectivity index (χ4n) is 4.06. The molecular formula is C22H19Br2ClN2O3. The monoisotopic (exact) mass is 552 g/mol. The number of halogens is 3. The first kappa shape index (κ1) is 21.5. The minimum atomic E-state index is -0.334. The zero-order valence-electron chi connectivity index (χ0n) is 16.1. The van der Waals surface area contributed by atoms with Crippen LogP contribution in [0.2, 0.25) is 5.02 Å². The van der Waals surface area contributed by atoms with Gasteiger partial charge in [-0.15, -0.1) is 0 Å². The molecule has 0 unspecified atom stereocenters. The van der Waals surface area contributed by atoms with E-state index >= 15 is 0 Å². The highest BCUT2D eigenvalue weighted by molar-refractivity contribution is 9.12. The lowest BCUT2D eigenvalue weighted by atomic mass is 9.81. The number of carbonyl (C=O) groups is 3. The Hall–Kier alpha value is -1.70. The second-order valence-electron chi connectivity index (χ2n) is 7.69. The highest BCUT2D eigenvalue weighted by Crippen LogP contribution is 2.44. The fourth-order valence-corrected chi connectivity index (χ4v) is 5.47. The number of hydrogen-bond acceptors (Lipinski definition) is 3. The van der Waals surface area contributed by atoms with E-state index in [0.717, 1.165) is 5.56 Å². The van der Waals surface area contributed by atoms with Crippen molar-refractivity contribution in [3.63, 3.8) is 0 Å². The summed E-state index contributed by atoms with van der Waals surface area (Å²) in [5, 5.41) is 3.37. The standard InChI is InChI=1S/C22H19Br2ClN2O3/c1-11-5-6-13(25)8-19(11)26-20(28)12-3-2-4-14(7-12)27-21(29)15-9-17(23)18(24)10-16(15)22(27)30/h2-8,15-18H,9-10H2,1H3,(H,26,28)/t15-,16+,17+,18-. The molecule has 1 N–H and O–H groups in total. The predicted molar refractivity (Wildman–Crippen MR) is 125 cm³/mol. The second kappa shape index (κ2) is 8.44. The van der Waals surface area contributed by atoms with E-state index < -0.39 is 0 Å². The molecule has 5 nitrogen and oxygen atoms in total. The second-order valence-corrected chi connectivity index (χ2v) is 10.5. The molecule has 156 valence electrons. The zero-order chi connectivity index (χ0) is 21.6. The lowest BCUT2D eigenvalue weighted by Gasteiger charge is -2.29. The summed E-state index contributed by atoms with van der Waals surface area (Å²) in [7, 11) is 0. The third kappa shape index (κ3) is 3.95. The largest absolute Gasteiger partial charge is 0.322 e. The molecule has 4 rings (SSSR count). The van der Waals surface area contributed by atoms with E-state index in [-0.39, 0.29) is 39.2 Å². The summed E-state index contributed by atoms with van der Waals surface area (Å²) in [6.45, 7) is 1.87. The maximum Gasteiger partial charge on any atom is 0.255 e. The van der Waals surface area contributed by atoms with Gasteiger partial charge in [-0.2, -0.15) is 0 Å². The van der Waals surface area contributed by atoms with E-state index in [4.69, 9.17) is 11.6 Å². The number of hydrogen-bond donors (Lipinski definition) is 1. The Balaban J connectivity index is 1.59. The minimum Gasteiger partial charge on any atom is -0.322 e. The Bertz CT molecular complexity index is 1020. The van der Waals surface area contributed by atoms with Crippen LogP contribution in [0.15, 0.2) is 42.5 Å². The number of benzene rings is 2. The molecule has 2 aromatic carbocycles. The number of aryl methyl sites for hydroxylation is 1. The predicted octanol–water partition coefficient (Wildman–Crippen LogP) is 5.33. The summed E-state index contributed by atoms with van der Waals surface area (Å²) in [5.41, 5.74) is 2.28. The molecule has 4 atom stereocenters. The average Bonchev–Trinajstić information content (AvgIpc) is 2.95. The third-order valence-corrected chi connectivity index (χ3v) is 8.69.